The molecule has 4 heterocycles. The molecule has 0 spiro atoms. The van der Waals surface area contributed by atoms with Gasteiger partial charge in [0.2, 0.25) is 0 Å². The van der Waals surface area contributed by atoms with Gasteiger partial charge >= 0.3 is 0 Å². The van der Waals surface area contributed by atoms with Crippen molar-refractivity contribution in [3.05, 3.63) is 138 Å². The lowest BCUT2D eigenvalue weighted by Crippen LogP contribution is -2.00. The minimum atomic E-state index is 0.432. The number of nitrogens with zero attached hydrogens (tertiary/aromatic N) is 2. The predicted molar refractivity (Wildman–Crippen MR) is 186 cm³/mol. The van der Waals surface area contributed by atoms with Crippen LogP contribution in [-0.4, -0.2) is 8.97 Å². The van der Waals surface area contributed by atoms with Gasteiger partial charge in [0.05, 0.1) is 22.1 Å². The fourth-order valence-electron chi connectivity index (χ4n) is 9.17. The lowest BCUT2D eigenvalue weighted by molar-refractivity contribution is 0.820. The molecule has 0 radical (unpaired) electrons. The second-order valence-corrected chi connectivity index (χ2v) is 12.8. The Morgan fingerprint density at radius 2 is 1.11 bits per heavy atom. The van der Waals surface area contributed by atoms with Gasteiger partial charge in [-0.25, -0.2) is 0 Å². The van der Waals surface area contributed by atoms with Gasteiger partial charge in [-0.1, -0.05) is 91.0 Å². The van der Waals surface area contributed by atoms with Crippen LogP contribution in [0.3, 0.4) is 0 Å². The molecular formula is C42H24N2. The molecular weight excluding hydrogens is 532 g/mol. The fourth-order valence-corrected chi connectivity index (χ4v) is 9.17. The van der Waals surface area contributed by atoms with Crippen LogP contribution < -0.4 is 0 Å². The molecule has 1 unspecified atom stereocenters. The second kappa shape index (κ2) is 7.30. The van der Waals surface area contributed by atoms with Crippen molar-refractivity contribution in [1.82, 2.24) is 8.97 Å². The molecule has 1 aliphatic carbocycles. The highest BCUT2D eigenvalue weighted by atomic mass is 15.0. The van der Waals surface area contributed by atoms with Crippen LogP contribution in [0.25, 0.3) is 93.1 Å². The van der Waals surface area contributed by atoms with Gasteiger partial charge in [-0.05, 0) is 80.7 Å². The Labute approximate surface area is 252 Å². The molecule has 12 rings (SSSR count). The van der Waals surface area contributed by atoms with Gasteiger partial charge in [0.25, 0.3) is 0 Å². The molecule has 1 aliphatic heterocycles. The van der Waals surface area contributed by atoms with Crippen LogP contribution in [0.15, 0.2) is 121 Å². The molecule has 3 aromatic heterocycles. The third-order valence-electron chi connectivity index (χ3n) is 10.9. The van der Waals surface area contributed by atoms with Crippen molar-refractivity contribution in [2.75, 3.05) is 0 Å². The third-order valence-corrected chi connectivity index (χ3v) is 10.9. The highest BCUT2D eigenvalue weighted by Gasteiger charge is 2.34. The van der Waals surface area contributed by atoms with Crippen LogP contribution >= 0.6 is 0 Å². The summed E-state index contributed by atoms with van der Waals surface area (Å²) in [5.74, 6) is 0.432. The summed E-state index contributed by atoms with van der Waals surface area (Å²) >= 11 is 0. The van der Waals surface area contributed by atoms with Crippen LogP contribution in [0.5, 0.6) is 0 Å². The van der Waals surface area contributed by atoms with Gasteiger partial charge < -0.3 is 8.97 Å². The number of hydrogen-bond donors (Lipinski definition) is 0. The highest BCUT2D eigenvalue weighted by Crippen LogP contribution is 2.51. The van der Waals surface area contributed by atoms with Crippen molar-refractivity contribution in [3.8, 4) is 5.69 Å². The number of hydrogen-bond acceptors (Lipinski definition) is 0. The second-order valence-electron chi connectivity index (χ2n) is 12.8. The summed E-state index contributed by atoms with van der Waals surface area (Å²) in [4.78, 5) is 0. The quantitative estimate of drug-likeness (QED) is 0.164. The molecule has 1 atom stereocenters. The monoisotopic (exact) mass is 556 g/mol. The fraction of sp³-hybridized carbons (Fsp3) is 0.0476. The molecule has 10 aromatic rings. The maximum atomic E-state index is 2.57. The summed E-state index contributed by atoms with van der Waals surface area (Å²) < 4.78 is 5.08. The first kappa shape index (κ1) is 22.0. The first-order valence-corrected chi connectivity index (χ1v) is 15.6. The molecule has 0 bridgehead atoms. The van der Waals surface area contributed by atoms with E-state index in [-0.39, 0.29) is 0 Å². The Morgan fingerprint density at radius 1 is 0.477 bits per heavy atom. The summed E-state index contributed by atoms with van der Waals surface area (Å²) in [7, 11) is 0. The van der Waals surface area contributed by atoms with Crippen LogP contribution in [0, 0.1) is 0 Å². The van der Waals surface area contributed by atoms with E-state index in [1.165, 1.54) is 104 Å². The van der Waals surface area contributed by atoms with Gasteiger partial charge in [0.15, 0.2) is 0 Å². The largest absolute Gasteiger partial charge is 0.312 e. The van der Waals surface area contributed by atoms with Gasteiger partial charge in [0.1, 0.15) is 0 Å². The summed E-state index contributed by atoms with van der Waals surface area (Å²) in [6.07, 6.45) is 5.82. The van der Waals surface area contributed by atoms with E-state index in [9.17, 15) is 0 Å². The number of rotatable bonds is 0. The van der Waals surface area contributed by atoms with Crippen molar-refractivity contribution in [2.45, 2.75) is 12.3 Å². The van der Waals surface area contributed by atoms with Gasteiger partial charge in [-0.3, -0.25) is 0 Å². The maximum absolute atomic E-state index is 2.57. The number of allylic oxidation sites excluding steroid dienone is 1. The number of para-hydroxylation sites is 3. The summed E-state index contributed by atoms with van der Waals surface area (Å²) in [5.41, 5.74) is 10.9. The molecule has 2 aliphatic rings. The van der Waals surface area contributed by atoms with Crippen LogP contribution in [0.1, 0.15) is 29.2 Å². The van der Waals surface area contributed by atoms with E-state index in [0.29, 0.717) is 5.92 Å². The molecule has 0 fully saturated rings. The van der Waals surface area contributed by atoms with E-state index >= 15 is 0 Å². The Kier molecular flexibility index (Phi) is 3.65. The number of aromatic nitrogens is 2. The molecule has 7 aromatic carbocycles. The molecule has 0 amide bonds. The molecule has 0 saturated heterocycles. The molecule has 2 nitrogen and oxygen atoms in total. The number of benzene rings is 7. The molecule has 44 heavy (non-hydrogen) atoms. The molecule has 0 N–H and O–H groups in total. The standard InChI is InChI=1S/C42H24N2/c1-2-10-24-23(9-1)31-19-35-29-15-7-13-27-25-11-3-5-17-37(25)43(41(27)29)39(35)21-33(31)34-22-40-36(20-32(24)34)30-16-8-14-28-26-12-4-6-18-38(26)44(40)42(28)30/h1-13,15-22,28H,14H2. The summed E-state index contributed by atoms with van der Waals surface area (Å²) in [5, 5.41) is 14.6. The molecule has 0 saturated carbocycles. The van der Waals surface area contributed by atoms with Gasteiger partial charge in [-0.15, -0.1) is 0 Å². The molecule has 2 heteroatoms. The highest BCUT2D eigenvalue weighted by molar-refractivity contribution is 6.32. The number of fused-ring (bicyclic) bond motifs is 18. The van der Waals surface area contributed by atoms with Gasteiger partial charge in [0, 0.05) is 49.8 Å². The zero-order chi connectivity index (χ0) is 28.3. The van der Waals surface area contributed by atoms with Crippen LogP contribution in [0.4, 0.5) is 0 Å². The Hall–Kier alpha value is -5.60. The summed E-state index contributed by atoms with van der Waals surface area (Å²) in [6, 6.07) is 43.7. The van der Waals surface area contributed by atoms with Gasteiger partial charge in [-0.2, -0.15) is 0 Å². The summed E-state index contributed by atoms with van der Waals surface area (Å²) in [6.45, 7) is 0. The van der Waals surface area contributed by atoms with Crippen molar-refractivity contribution in [2.24, 2.45) is 0 Å². The smallest absolute Gasteiger partial charge is 0.0620 e. The topological polar surface area (TPSA) is 9.34 Å². The van der Waals surface area contributed by atoms with E-state index in [2.05, 4.69) is 136 Å². The first-order valence-electron chi connectivity index (χ1n) is 15.6. The zero-order valence-electron chi connectivity index (χ0n) is 23.8. The average Bonchev–Trinajstić information content (AvgIpc) is 3.80. The lowest BCUT2D eigenvalue weighted by atomic mass is 9.87. The van der Waals surface area contributed by atoms with E-state index in [0.717, 1.165) is 6.42 Å². The van der Waals surface area contributed by atoms with E-state index in [1.54, 1.807) is 0 Å². The minimum absolute atomic E-state index is 0.432. The minimum Gasteiger partial charge on any atom is -0.312 e. The zero-order valence-corrected chi connectivity index (χ0v) is 23.8. The van der Waals surface area contributed by atoms with E-state index in [4.69, 9.17) is 0 Å². The maximum Gasteiger partial charge on any atom is 0.0620 e. The van der Waals surface area contributed by atoms with Crippen LogP contribution in [0.2, 0.25) is 0 Å². The SMILES string of the molecule is C1=Cc2c3n(c4cc5c(cc24)c2ccccc2c2cc4c6cccc7c8ccccc8n(c4cc25)c76)-c2ccccc2C3C1. The van der Waals surface area contributed by atoms with E-state index < -0.39 is 0 Å². The average molecular weight is 557 g/mol. The van der Waals surface area contributed by atoms with Crippen molar-refractivity contribution in [1.29, 1.82) is 0 Å². The molecule has 202 valence electrons. The van der Waals surface area contributed by atoms with E-state index in [1.807, 2.05) is 0 Å². The predicted octanol–water partition coefficient (Wildman–Crippen LogP) is 11.1. The third kappa shape index (κ3) is 2.35. The van der Waals surface area contributed by atoms with Crippen molar-refractivity contribution < 1.29 is 0 Å². The Morgan fingerprint density at radius 3 is 1.95 bits per heavy atom. The Bertz CT molecular complexity index is 2970. The van der Waals surface area contributed by atoms with Crippen molar-refractivity contribution in [3.63, 3.8) is 0 Å². The Balaban J connectivity index is 1.33. The van der Waals surface area contributed by atoms with Crippen molar-refractivity contribution >= 4 is 87.4 Å². The van der Waals surface area contributed by atoms with Crippen LogP contribution in [-0.2, 0) is 0 Å². The lowest BCUT2D eigenvalue weighted by Gasteiger charge is -2.15. The first-order chi connectivity index (χ1) is 21.8. The normalized spacial score (nSPS) is 15.8.